The van der Waals surface area contributed by atoms with Crippen molar-refractivity contribution in [3.8, 4) is 0 Å². The van der Waals surface area contributed by atoms with Gasteiger partial charge in [0.05, 0.1) is 19.4 Å². The lowest BCUT2D eigenvalue weighted by Gasteiger charge is -2.31. The number of piperidine rings is 1. The highest BCUT2D eigenvalue weighted by molar-refractivity contribution is 5.77. The molecule has 0 radical (unpaired) electrons. The molecular weight excluding hydrogens is 322 g/mol. The summed E-state index contributed by atoms with van der Waals surface area (Å²) in [4.78, 5) is 25.8. The molecule has 1 aromatic heterocycles. The second-order valence-electron chi connectivity index (χ2n) is 7.46. The van der Waals surface area contributed by atoms with Crippen molar-refractivity contribution in [3.05, 3.63) is 24.2 Å². The maximum absolute atomic E-state index is 12.0. The molecule has 1 aromatic rings. The van der Waals surface area contributed by atoms with Crippen LogP contribution in [0.1, 0.15) is 39.4 Å². The Morgan fingerprint density at radius 2 is 2.00 bits per heavy atom. The van der Waals surface area contributed by atoms with Crippen LogP contribution < -0.4 is 10.6 Å². The highest BCUT2D eigenvalue weighted by Crippen LogP contribution is 2.16. The van der Waals surface area contributed by atoms with Gasteiger partial charge < -0.3 is 19.8 Å². The Morgan fingerprint density at radius 1 is 1.28 bits per heavy atom. The predicted molar refractivity (Wildman–Crippen MR) is 94.0 cm³/mol. The molecular formula is C18H29N3O4. The van der Waals surface area contributed by atoms with Crippen LogP contribution in [-0.2, 0) is 16.1 Å². The molecule has 2 N–H and O–H groups in total. The van der Waals surface area contributed by atoms with Gasteiger partial charge in [-0.3, -0.25) is 9.69 Å². The molecule has 25 heavy (non-hydrogen) atoms. The molecule has 0 aromatic carbocycles. The second-order valence-corrected chi connectivity index (χ2v) is 7.46. The van der Waals surface area contributed by atoms with E-state index < -0.39 is 5.60 Å². The normalized spacial score (nSPS) is 16.4. The Balaban J connectivity index is 1.59. The van der Waals surface area contributed by atoms with Crippen LogP contribution in [0.25, 0.3) is 0 Å². The molecule has 1 fully saturated rings. The first-order valence-electron chi connectivity index (χ1n) is 8.80. The van der Waals surface area contributed by atoms with E-state index in [4.69, 9.17) is 9.15 Å². The second kappa shape index (κ2) is 8.89. The van der Waals surface area contributed by atoms with Crippen LogP contribution >= 0.6 is 0 Å². The average Bonchev–Trinajstić information content (AvgIpc) is 3.04. The van der Waals surface area contributed by atoms with E-state index in [0.717, 1.165) is 31.7 Å². The standard InChI is InChI=1S/C18H29N3O4/c1-18(2,3)25-17(23)20-11-14-6-8-21(9-7-14)13-16(22)19-12-15-5-4-10-24-15/h4-5,10,14H,6-9,11-13H2,1-3H3,(H,19,22)(H,20,23). The zero-order valence-corrected chi connectivity index (χ0v) is 15.3. The van der Waals surface area contributed by atoms with E-state index in [1.54, 1.807) is 12.3 Å². The Hall–Kier alpha value is -2.02. The van der Waals surface area contributed by atoms with Crippen LogP contribution in [0.15, 0.2) is 22.8 Å². The third-order valence-electron chi connectivity index (χ3n) is 4.05. The summed E-state index contributed by atoms with van der Waals surface area (Å²) in [7, 11) is 0. The molecule has 0 saturated carbocycles. The highest BCUT2D eigenvalue weighted by Gasteiger charge is 2.22. The monoisotopic (exact) mass is 351 g/mol. The van der Waals surface area contributed by atoms with Crippen LogP contribution in [0, 0.1) is 5.92 Å². The van der Waals surface area contributed by atoms with E-state index in [1.807, 2.05) is 26.8 Å². The fraction of sp³-hybridized carbons (Fsp3) is 0.667. The van der Waals surface area contributed by atoms with Gasteiger partial charge in [-0.25, -0.2) is 4.79 Å². The van der Waals surface area contributed by atoms with Crippen molar-refractivity contribution in [1.82, 2.24) is 15.5 Å². The number of nitrogens with zero attached hydrogens (tertiary/aromatic N) is 1. The van der Waals surface area contributed by atoms with Crippen molar-refractivity contribution < 1.29 is 18.7 Å². The first-order valence-corrected chi connectivity index (χ1v) is 8.80. The van der Waals surface area contributed by atoms with E-state index in [9.17, 15) is 9.59 Å². The minimum atomic E-state index is -0.476. The summed E-state index contributed by atoms with van der Waals surface area (Å²) in [5.41, 5.74) is -0.476. The number of ether oxygens (including phenoxy) is 1. The number of likely N-dealkylation sites (tertiary alicyclic amines) is 1. The smallest absolute Gasteiger partial charge is 0.407 e. The number of hydrogen-bond donors (Lipinski definition) is 2. The minimum absolute atomic E-state index is 0.00160. The highest BCUT2D eigenvalue weighted by atomic mass is 16.6. The summed E-state index contributed by atoms with van der Waals surface area (Å²) in [5, 5.41) is 5.69. The van der Waals surface area contributed by atoms with Gasteiger partial charge in [0.15, 0.2) is 0 Å². The Bertz CT molecular complexity index is 543. The lowest BCUT2D eigenvalue weighted by Crippen LogP contribution is -2.43. The molecule has 1 saturated heterocycles. The SMILES string of the molecule is CC(C)(C)OC(=O)NCC1CCN(CC(=O)NCc2ccco2)CC1. The maximum Gasteiger partial charge on any atom is 0.407 e. The van der Waals surface area contributed by atoms with Crippen LogP contribution in [0.3, 0.4) is 0 Å². The van der Waals surface area contributed by atoms with Crippen molar-refractivity contribution in [3.63, 3.8) is 0 Å². The quantitative estimate of drug-likeness (QED) is 0.820. The number of carbonyl (C=O) groups is 2. The molecule has 1 aliphatic rings. The summed E-state index contributed by atoms with van der Waals surface area (Å²) in [5.74, 6) is 1.18. The van der Waals surface area contributed by atoms with E-state index in [1.165, 1.54) is 0 Å². The molecule has 0 bridgehead atoms. The van der Waals surface area contributed by atoms with Crippen molar-refractivity contribution >= 4 is 12.0 Å². The molecule has 0 aliphatic carbocycles. The first kappa shape index (κ1) is 19.3. The van der Waals surface area contributed by atoms with E-state index in [2.05, 4.69) is 15.5 Å². The van der Waals surface area contributed by atoms with E-state index >= 15 is 0 Å². The van der Waals surface area contributed by atoms with Gasteiger partial charge in [-0.2, -0.15) is 0 Å². The summed E-state index contributed by atoms with van der Waals surface area (Å²) >= 11 is 0. The molecule has 2 amide bonds. The first-order chi connectivity index (χ1) is 11.8. The number of rotatable bonds is 6. The summed E-state index contributed by atoms with van der Waals surface area (Å²) in [6.45, 7) is 8.69. The van der Waals surface area contributed by atoms with Crippen molar-refractivity contribution in [1.29, 1.82) is 0 Å². The van der Waals surface area contributed by atoms with E-state index in [-0.39, 0.29) is 12.0 Å². The molecule has 0 atom stereocenters. The fourth-order valence-electron chi connectivity index (χ4n) is 2.75. The van der Waals surface area contributed by atoms with Gasteiger partial charge in [-0.1, -0.05) is 0 Å². The molecule has 0 unspecified atom stereocenters. The van der Waals surface area contributed by atoms with Gasteiger partial charge in [0.1, 0.15) is 11.4 Å². The van der Waals surface area contributed by atoms with Crippen molar-refractivity contribution in [2.45, 2.75) is 45.8 Å². The summed E-state index contributed by atoms with van der Waals surface area (Å²) in [6.07, 6.45) is 3.15. The minimum Gasteiger partial charge on any atom is -0.467 e. The Labute approximate surface area is 149 Å². The van der Waals surface area contributed by atoms with Gasteiger partial charge in [0, 0.05) is 6.54 Å². The molecule has 1 aliphatic heterocycles. The van der Waals surface area contributed by atoms with Gasteiger partial charge in [-0.05, 0) is 64.8 Å². The number of hydrogen-bond acceptors (Lipinski definition) is 5. The van der Waals surface area contributed by atoms with Gasteiger partial charge in [0.25, 0.3) is 0 Å². The number of alkyl carbamates (subject to hydrolysis) is 1. The lowest BCUT2D eigenvalue weighted by atomic mass is 9.97. The van der Waals surface area contributed by atoms with Crippen molar-refractivity contribution in [2.24, 2.45) is 5.92 Å². The molecule has 2 heterocycles. The lowest BCUT2D eigenvalue weighted by molar-refractivity contribution is -0.122. The molecule has 0 spiro atoms. The van der Waals surface area contributed by atoms with Gasteiger partial charge in [0.2, 0.25) is 5.91 Å². The molecule has 140 valence electrons. The largest absolute Gasteiger partial charge is 0.467 e. The average molecular weight is 351 g/mol. The maximum atomic E-state index is 12.0. The predicted octanol–water partition coefficient (Wildman–Crippen LogP) is 2.13. The third-order valence-corrected chi connectivity index (χ3v) is 4.05. The number of carbonyl (C=O) groups excluding carboxylic acids is 2. The fourth-order valence-corrected chi connectivity index (χ4v) is 2.75. The number of furan rings is 1. The zero-order chi connectivity index (χ0) is 18.3. The third kappa shape index (κ3) is 7.60. The summed E-state index contributed by atoms with van der Waals surface area (Å²) in [6, 6.07) is 3.64. The van der Waals surface area contributed by atoms with Gasteiger partial charge in [-0.15, -0.1) is 0 Å². The molecule has 7 heteroatoms. The summed E-state index contributed by atoms with van der Waals surface area (Å²) < 4.78 is 10.4. The zero-order valence-electron chi connectivity index (χ0n) is 15.3. The van der Waals surface area contributed by atoms with Crippen LogP contribution in [0.4, 0.5) is 4.79 Å². The Morgan fingerprint density at radius 3 is 2.60 bits per heavy atom. The number of nitrogens with one attached hydrogen (secondary N) is 2. The van der Waals surface area contributed by atoms with Crippen LogP contribution in [0.2, 0.25) is 0 Å². The van der Waals surface area contributed by atoms with Gasteiger partial charge >= 0.3 is 6.09 Å². The number of amides is 2. The van der Waals surface area contributed by atoms with Crippen LogP contribution in [-0.4, -0.2) is 48.7 Å². The molecule has 7 nitrogen and oxygen atoms in total. The molecule has 2 rings (SSSR count). The topological polar surface area (TPSA) is 83.8 Å². The van der Waals surface area contributed by atoms with E-state index in [0.29, 0.717) is 25.6 Å². The Kier molecular flexibility index (Phi) is 6.87. The van der Waals surface area contributed by atoms with Crippen LogP contribution in [0.5, 0.6) is 0 Å². The van der Waals surface area contributed by atoms with Crippen molar-refractivity contribution in [2.75, 3.05) is 26.2 Å².